The molecule has 0 fully saturated rings. The smallest absolute Gasteiger partial charge is 0.106 e. The second-order valence-corrected chi connectivity index (χ2v) is 3.29. The molecule has 0 heterocycles. The van der Waals surface area contributed by atoms with Gasteiger partial charge in [-0.1, -0.05) is 17.7 Å². The predicted octanol–water partition coefficient (Wildman–Crippen LogP) is 1.64. The summed E-state index contributed by atoms with van der Waals surface area (Å²) in [5.74, 6) is 0. The van der Waals surface area contributed by atoms with Gasteiger partial charge in [0.2, 0.25) is 0 Å². The van der Waals surface area contributed by atoms with Crippen molar-refractivity contribution in [1.82, 2.24) is 0 Å². The van der Waals surface area contributed by atoms with Gasteiger partial charge in [0, 0.05) is 0 Å². The van der Waals surface area contributed by atoms with E-state index < -0.39 is 5.60 Å². The van der Waals surface area contributed by atoms with Crippen LogP contribution in [0.4, 0.5) is 0 Å². The molecule has 0 unspecified atom stereocenters. The Hall–Kier alpha value is -0.600. The summed E-state index contributed by atoms with van der Waals surface area (Å²) >= 11 is 0. The molecular weight excluding hydrogens is 152 g/mol. The van der Waals surface area contributed by atoms with Crippen molar-refractivity contribution >= 4 is 0 Å². The number of aliphatic hydroxyl groups excluding tert-OH is 1. The van der Waals surface area contributed by atoms with E-state index in [-0.39, 0.29) is 6.61 Å². The van der Waals surface area contributed by atoms with Crippen LogP contribution in [0, 0.1) is 0 Å². The van der Waals surface area contributed by atoms with E-state index in [0.717, 1.165) is 6.42 Å². The van der Waals surface area contributed by atoms with Crippen LogP contribution < -0.4 is 0 Å². The Labute approximate surface area is 74.2 Å². The van der Waals surface area contributed by atoms with Crippen LogP contribution in [0.5, 0.6) is 0 Å². The highest BCUT2D eigenvalue weighted by Gasteiger charge is 2.19. The van der Waals surface area contributed by atoms with Crippen LogP contribution in [0.3, 0.4) is 0 Å². The quantitative estimate of drug-likeness (QED) is 0.616. The Morgan fingerprint density at radius 3 is 2.42 bits per heavy atom. The van der Waals surface area contributed by atoms with E-state index in [4.69, 9.17) is 5.11 Å². The molecule has 0 aromatic heterocycles. The molecule has 0 saturated carbocycles. The van der Waals surface area contributed by atoms with Crippen LogP contribution in [0.25, 0.3) is 0 Å². The van der Waals surface area contributed by atoms with E-state index >= 15 is 0 Å². The van der Waals surface area contributed by atoms with Gasteiger partial charge < -0.3 is 10.2 Å². The highest BCUT2D eigenvalue weighted by molar-refractivity contribution is 4.99. The van der Waals surface area contributed by atoms with E-state index in [2.05, 4.69) is 6.58 Å². The van der Waals surface area contributed by atoms with Gasteiger partial charge >= 0.3 is 0 Å². The molecular formula is C10H18O2. The number of hydrogen-bond donors (Lipinski definition) is 2. The highest BCUT2D eigenvalue weighted by atomic mass is 16.3. The van der Waals surface area contributed by atoms with Crippen molar-refractivity contribution in [3.8, 4) is 0 Å². The molecule has 2 nitrogen and oxygen atoms in total. The molecule has 70 valence electrons. The Kier molecular flexibility index (Phi) is 4.86. The number of hydrogen-bond acceptors (Lipinski definition) is 2. The third-order valence-corrected chi connectivity index (χ3v) is 1.78. The van der Waals surface area contributed by atoms with Crippen molar-refractivity contribution in [3.05, 3.63) is 24.3 Å². The van der Waals surface area contributed by atoms with Gasteiger partial charge in [0.15, 0.2) is 0 Å². The minimum Gasteiger partial charge on any atom is -0.393 e. The molecule has 0 amide bonds. The topological polar surface area (TPSA) is 40.5 Å². The van der Waals surface area contributed by atoms with Gasteiger partial charge in [-0.2, -0.15) is 0 Å². The Balaban J connectivity index is 3.89. The Bertz CT molecular complexity index is 169. The summed E-state index contributed by atoms with van der Waals surface area (Å²) in [7, 11) is 0. The average molecular weight is 170 g/mol. The first-order valence-corrected chi connectivity index (χ1v) is 4.14. The maximum atomic E-state index is 9.54. The second kappa shape index (κ2) is 5.12. The lowest BCUT2D eigenvalue weighted by molar-refractivity contribution is 0.0215. The Morgan fingerprint density at radius 2 is 2.08 bits per heavy atom. The predicted molar refractivity (Wildman–Crippen MR) is 50.9 cm³/mol. The van der Waals surface area contributed by atoms with Crippen LogP contribution in [0.1, 0.15) is 26.7 Å². The minimum absolute atomic E-state index is 0.257. The summed E-state index contributed by atoms with van der Waals surface area (Å²) < 4.78 is 0. The lowest BCUT2D eigenvalue weighted by Gasteiger charge is -2.20. The van der Waals surface area contributed by atoms with Gasteiger partial charge in [-0.25, -0.2) is 0 Å². The van der Waals surface area contributed by atoms with Crippen molar-refractivity contribution in [2.24, 2.45) is 0 Å². The van der Waals surface area contributed by atoms with Crippen molar-refractivity contribution < 1.29 is 10.2 Å². The lowest BCUT2D eigenvalue weighted by Crippen LogP contribution is -2.29. The molecule has 1 atom stereocenters. The molecule has 2 N–H and O–H groups in total. The van der Waals surface area contributed by atoms with E-state index in [1.165, 1.54) is 11.6 Å². The summed E-state index contributed by atoms with van der Waals surface area (Å²) in [5, 5.41) is 18.4. The zero-order valence-corrected chi connectivity index (χ0v) is 7.88. The minimum atomic E-state index is -1.11. The first-order valence-electron chi connectivity index (χ1n) is 4.14. The number of allylic oxidation sites excluding steroid dienone is 2. The number of rotatable bonds is 5. The molecule has 0 aliphatic carbocycles. The maximum absolute atomic E-state index is 9.54. The second-order valence-electron chi connectivity index (χ2n) is 3.29. The van der Waals surface area contributed by atoms with E-state index in [1.807, 2.05) is 19.9 Å². The van der Waals surface area contributed by atoms with Gasteiger partial charge in [-0.15, -0.1) is 6.58 Å². The Morgan fingerprint density at radius 1 is 1.50 bits per heavy atom. The molecule has 0 aromatic carbocycles. The zero-order chi connectivity index (χ0) is 9.61. The third-order valence-electron chi connectivity index (χ3n) is 1.78. The normalized spacial score (nSPS) is 15.0. The van der Waals surface area contributed by atoms with Crippen molar-refractivity contribution in [3.63, 3.8) is 0 Å². The maximum Gasteiger partial charge on any atom is 0.106 e. The first kappa shape index (κ1) is 11.4. The van der Waals surface area contributed by atoms with Crippen LogP contribution >= 0.6 is 0 Å². The van der Waals surface area contributed by atoms with Gasteiger partial charge in [-0.05, 0) is 26.7 Å². The molecule has 0 saturated heterocycles. The zero-order valence-electron chi connectivity index (χ0n) is 7.88. The lowest BCUT2D eigenvalue weighted by atomic mass is 9.98. The van der Waals surface area contributed by atoms with Crippen molar-refractivity contribution in [2.45, 2.75) is 32.3 Å². The molecule has 0 aromatic rings. The fraction of sp³-hybridized carbons (Fsp3) is 0.600. The molecule has 12 heavy (non-hydrogen) atoms. The largest absolute Gasteiger partial charge is 0.393 e. The molecule has 0 bridgehead atoms. The van der Waals surface area contributed by atoms with Gasteiger partial charge in [0.05, 0.1) is 6.61 Å². The third kappa shape index (κ3) is 4.31. The summed E-state index contributed by atoms with van der Waals surface area (Å²) in [4.78, 5) is 0. The monoisotopic (exact) mass is 170 g/mol. The number of aliphatic hydroxyl groups is 2. The summed E-state index contributed by atoms with van der Waals surface area (Å²) in [5.41, 5.74) is 0.116. The average Bonchev–Trinajstić information content (AvgIpc) is 2.03. The van der Waals surface area contributed by atoms with Crippen LogP contribution in [0.15, 0.2) is 24.3 Å². The SMILES string of the molecule is C=C[C@](O)(CO)CCC=C(C)C. The molecule has 0 spiro atoms. The molecule has 2 heteroatoms. The molecule has 0 aliphatic heterocycles. The van der Waals surface area contributed by atoms with Crippen molar-refractivity contribution in [2.75, 3.05) is 6.61 Å². The molecule has 0 rings (SSSR count). The summed E-state index contributed by atoms with van der Waals surface area (Å²) in [6.07, 6.45) is 4.72. The van der Waals surface area contributed by atoms with Gasteiger partial charge in [0.1, 0.15) is 5.60 Å². The van der Waals surface area contributed by atoms with Crippen LogP contribution in [-0.2, 0) is 0 Å². The molecule has 0 radical (unpaired) electrons. The van der Waals surface area contributed by atoms with Gasteiger partial charge in [-0.3, -0.25) is 0 Å². The first-order chi connectivity index (χ1) is 5.54. The molecule has 0 aliphatic rings. The fourth-order valence-electron chi connectivity index (χ4n) is 0.856. The van der Waals surface area contributed by atoms with Crippen LogP contribution in [0.2, 0.25) is 0 Å². The van der Waals surface area contributed by atoms with Crippen LogP contribution in [-0.4, -0.2) is 22.4 Å². The fourth-order valence-corrected chi connectivity index (χ4v) is 0.856. The highest BCUT2D eigenvalue weighted by Crippen LogP contribution is 2.14. The van der Waals surface area contributed by atoms with E-state index in [0.29, 0.717) is 6.42 Å². The van der Waals surface area contributed by atoms with Gasteiger partial charge in [0.25, 0.3) is 0 Å². The van der Waals surface area contributed by atoms with E-state index in [1.54, 1.807) is 0 Å². The van der Waals surface area contributed by atoms with E-state index in [9.17, 15) is 5.11 Å². The summed E-state index contributed by atoms with van der Waals surface area (Å²) in [6.45, 7) is 7.23. The summed E-state index contributed by atoms with van der Waals surface area (Å²) in [6, 6.07) is 0. The standard InChI is InChI=1S/C10H18O2/c1-4-10(12,8-11)7-5-6-9(2)3/h4,6,11-12H,1,5,7-8H2,2-3H3/t10-/m1/s1. The van der Waals surface area contributed by atoms with Crippen molar-refractivity contribution in [1.29, 1.82) is 0 Å².